The van der Waals surface area contributed by atoms with Gasteiger partial charge in [-0.15, -0.1) is 0 Å². The Kier molecular flexibility index (Phi) is 7.43. The van der Waals surface area contributed by atoms with Gasteiger partial charge in [0.05, 0.1) is 7.11 Å². The Hall–Kier alpha value is -2.90. The maximum Gasteiger partial charge on any atom is 0.342 e. The zero-order valence-electron chi connectivity index (χ0n) is 17.4. The summed E-state index contributed by atoms with van der Waals surface area (Å²) in [7, 11) is 1.58. The first-order valence-electron chi connectivity index (χ1n) is 9.91. The number of rotatable bonds is 8. The molecule has 0 radical (unpaired) electrons. The minimum absolute atomic E-state index is 0.280. The van der Waals surface area contributed by atoms with Crippen LogP contribution in [-0.4, -0.2) is 59.0 Å². The van der Waals surface area contributed by atoms with Gasteiger partial charge in [0, 0.05) is 47.8 Å². The molecule has 2 heterocycles. The van der Waals surface area contributed by atoms with Crippen LogP contribution in [0.15, 0.2) is 48.9 Å². The summed E-state index contributed by atoms with van der Waals surface area (Å²) >= 11 is 6.26. The normalized spacial score (nSPS) is 11.0. The van der Waals surface area contributed by atoms with E-state index in [1.54, 1.807) is 37.8 Å². The molecular weight excluding hydrogens is 402 g/mol. The second-order valence-electron chi connectivity index (χ2n) is 6.71. The van der Waals surface area contributed by atoms with E-state index in [2.05, 4.69) is 34.1 Å². The van der Waals surface area contributed by atoms with Crippen LogP contribution in [0, 0.1) is 0 Å². The third kappa shape index (κ3) is 5.17. The van der Waals surface area contributed by atoms with Crippen molar-refractivity contribution in [2.75, 3.05) is 33.3 Å². The van der Waals surface area contributed by atoms with Crippen molar-refractivity contribution in [3.63, 3.8) is 0 Å². The maximum absolute atomic E-state index is 12.7. The number of hydrogen-bond acceptors (Lipinski definition) is 5. The number of benzene rings is 1. The average Bonchev–Trinajstić information content (AvgIpc) is 3.22. The second kappa shape index (κ2) is 10.2. The molecule has 0 fully saturated rings. The van der Waals surface area contributed by atoms with Crippen molar-refractivity contribution < 1.29 is 9.53 Å². The van der Waals surface area contributed by atoms with Gasteiger partial charge in [0.1, 0.15) is 11.4 Å². The van der Waals surface area contributed by atoms with Crippen LogP contribution in [0.5, 0.6) is 5.75 Å². The Labute approximate surface area is 181 Å². The molecule has 0 unspecified atom stereocenters. The first-order valence-corrected chi connectivity index (χ1v) is 10.3. The van der Waals surface area contributed by atoms with Gasteiger partial charge in [-0.05, 0) is 49.0 Å². The lowest BCUT2D eigenvalue weighted by atomic mass is 10.0. The summed E-state index contributed by atoms with van der Waals surface area (Å²) in [6, 6.07) is 8.86. The van der Waals surface area contributed by atoms with Crippen LogP contribution in [0.1, 0.15) is 13.8 Å². The Morgan fingerprint density at radius 1 is 1.17 bits per heavy atom. The number of carbonyl (C=O) groups excluding carboxylic acids is 1. The fourth-order valence-electron chi connectivity index (χ4n) is 3.19. The lowest BCUT2D eigenvalue weighted by molar-refractivity contribution is 0.235. The van der Waals surface area contributed by atoms with Crippen LogP contribution in [0.2, 0.25) is 5.02 Å². The minimum atomic E-state index is -0.280. The summed E-state index contributed by atoms with van der Waals surface area (Å²) in [6.45, 7) is 7.43. The smallest absolute Gasteiger partial charge is 0.342 e. The highest BCUT2D eigenvalue weighted by Gasteiger charge is 2.18. The molecule has 1 aromatic carbocycles. The van der Waals surface area contributed by atoms with Crippen molar-refractivity contribution in [1.29, 1.82) is 0 Å². The molecule has 0 atom stereocenters. The number of pyridine rings is 1. The molecule has 0 bridgehead atoms. The van der Waals surface area contributed by atoms with Crippen LogP contribution in [0.3, 0.4) is 0 Å². The van der Waals surface area contributed by atoms with Gasteiger partial charge in [-0.3, -0.25) is 4.98 Å². The third-order valence-corrected chi connectivity index (χ3v) is 5.11. The fraction of sp³-hybridized carbons (Fsp3) is 0.318. The van der Waals surface area contributed by atoms with Gasteiger partial charge in [0.2, 0.25) is 0 Å². The number of carbonyl (C=O) groups is 1. The fourth-order valence-corrected chi connectivity index (χ4v) is 3.42. The van der Waals surface area contributed by atoms with Gasteiger partial charge in [-0.25, -0.2) is 4.79 Å². The monoisotopic (exact) mass is 427 g/mol. The molecule has 2 aromatic heterocycles. The zero-order valence-corrected chi connectivity index (χ0v) is 18.2. The number of ether oxygens (including phenoxy) is 1. The summed E-state index contributed by atoms with van der Waals surface area (Å²) < 4.78 is 6.67. The first kappa shape index (κ1) is 21.8. The lowest BCUT2D eigenvalue weighted by Gasteiger charge is -2.17. The summed E-state index contributed by atoms with van der Waals surface area (Å²) in [5.74, 6) is 0.622. The molecule has 30 heavy (non-hydrogen) atoms. The molecule has 0 aliphatic carbocycles. The first-order chi connectivity index (χ1) is 14.5. The average molecular weight is 428 g/mol. The van der Waals surface area contributed by atoms with Crippen molar-refractivity contribution in [3.05, 3.63) is 53.9 Å². The molecule has 0 aliphatic rings. The number of nitrogens with zero attached hydrogens (tertiary/aromatic N) is 4. The van der Waals surface area contributed by atoms with Crippen LogP contribution in [-0.2, 0) is 0 Å². The number of methoxy groups -OCH3 is 1. The highest BCUT2D eigenvalue weighted by molar-refractivity contribution is 6.31. The molecule has 3 aromatic rings. The number of likely N-dealkylation sites (N-methyl/N-ethyl adjacent to an activating group) is 1. The predicted molar refractivity (Wildman–Crippen MR) is 119 cm³/mol. The van der Waals surface area contributed by atoms with E-state index in [0.717, 1.165) is 36.3 Å². The van der Waals surface area contributed by atoms with Crippen molar-refractivity contribution >= 4 is 17.6 Å². The van der Waals surface area contributed by atoms with E-state index < -0.39 is 0 Å². The molecular formula is C22H26ClN5O2. The molecule has 1 amide bonds. The Balaban J connectivity index is 1.93. The summed E-state index contributed by atoms with van der Waals surface area (Å²) in [4.78, 5) is 19.1. The molecule has 8 heteroatoms. The largest absolute Gasteiger partial charge is 0.497 e. The Morgan fingerprint density at radius 3 is 2.57 bits per heavy atom. The van der Waals surface area contributed by atoms with E-state index in [0.29, 0.717) is 23.0 Å². The summed E-state index contributed by atoms with van der Waals surface area (Å²) in [6.07, 6.45) is 5.14. The van der Waals surface area contributed by atoms with Crippen molar-refractivity contribution in [2.24, 2.45) is 0 Å². The van der Waals surface area contributed by atoms with Crippen LogP contribution < -0.4 is 10.1 Å². The van der Waals surface area contributed by atoms with Crippen molar-refractivity contribution in [1.82, 2.24) is 25.0 Å². The van der Waals surface area contributed by atoms with Gasteiger partial charge >= 0.3 is 6.03 Å². The number of halogens is 1. The van der Waals surface area contributed by atoms with Crippen LogP contribution >= 0.6 is 11.6 Å². The number of amides is 1. The van der Waals surface area contributed by atoms with Gasteiger partial charge < -0.3 is 15.0 Å². The van der Waals surface area contributed by atoms with Gasteiger partial charge in [-0.2, -0.15) is 9.78 Å². The zero-order chi connectivity index (χ0) is 21.5. The van der Waals surface area contributed by atoms with E-state index >= 15 is 0 Å². The van der Waals surface area contributed by atoms with Gasteiger partial charge in [0.15, 0.2) is 0 Å². The van der Waals surface area contributed by atoms with E-state index in [4.69, 9.17) is 16.3 Å². The van der Waals surface area contributed by atoms with Crippen molar-refractivity contribution in [3.8, 4) is 28.1 Å². The standard InChI is InChI=1S/C22H26ClN5O2/c1-4-27(5-2)11-10-25-22(29)28-15-20(16-6-8-24-9-7-16)21(26-28)17-12-18(23)14-19(13-17)30-3/h6-9,12-15H,4-5,10-11H2,1-3H3,(H,25,29). The second-order valence-corrected chi connectivity index (χ2v) is 7.15. The molecule has 0 aliphatic heterocycles. The lowest BCUT2D eigenvalue weighted by Crippen LogP contribution is -2.36. The quantitative estimate of drug-likeness (QED) is 0.584. The Morgan fingerprint density at radius 2 is 1.90 bits per heavy atom. The molecule has 0 saturated heterocycles. The van der Waals surface area contributed by atoms with Crippen LogP contribution in [0.25, 0.3) is 22.4 Å². The number of aromatic nitrogens is 3. The number of nitrogens with one attached hydrogen (secondary N) is 1. The van der Waals surface area contributed by atoms with Gasteiger partial charge in [-0.1, -0.05) is 25.4 Å². The predicted octanol–water partition coefficient (Wildman–Crippen LogP) is 4.17. The van der Waals surface area contributed by atoms with Crippen LogP contribution in [0.4, 0.5) is 4.79 Å². The third-order valence-electron chi connectivity index (χ3n) is 4.89. The topological polar surface area (TPSA) is 72.3 Å². The molecule has 1 N–H and O–H groups in total. The molecule has 0 saturated carbocycles. The summed E-state index contributed by atoms with van der Waals surface area (Å²) in [5.41, 5.74) is 3.11. The SMILES string of the molecule is CCN(CC)CCNC(=O)n1cc(-c2ccncc2)c(-c2cc(Cl)cc(OC)c2)n1. The van der Waals surface area contributed by atoms with E-state index in [9.17, 15) is 4.79 Å². The molecule has 3 rings (SSSR count). The minimum Gasteiger partial charge on any atom is -0.497 e. The maximum atomic E-state index is 12.7. The van der Waals surface area contributed by atoms with E-state index in [1.165, 1.54) is 4.68 Å². The Bertz CT molecular complexity index is 986. The van der Waals surface area contributed by atoms with Crippen molar-refractivity contribution in [2.45, 2.75) is 13.8 Å². The highest BCUT2D eigenvalue weighted by Crippen LogP contribution is 2.34. The molecule has 7 nitrogen and oxygen atoms in total. The molecule has 158 valence electrons. The van der Waals surface area contributed by atoms with E-state index in [-0.39, 0.29) is 6.03 Å². The molecule has 0 spiro atoms. The van der Waals surface area contributed by atoms with E-state index in [1.807, 2.05) is 18.2 Å². The summed E-state index contributed by atoms with van der Waals surface area (Å²) in [5, 5.41) is 8.03. The highest BCUT2D eigenvalue weighted by atomic mass is 35.5. The van der Waals surface area contributed by atoms with Gasteiger partial charge in [0.25, 0.3) is 0 Å². The number of hydrogen-bond donors (Lipinski definition) is 1.